The van der Waals surface area contributed by atoms with Crippen LogP contribution in [-0.4, -0.2) is 15.9 Å². The molecule has 0 amide bonds. The normalized spacial score (nSPS) is 10.6. The van der Waals surface area contributed by atoms with Crippen LogP contribution < -0.4 is 0 Å². The number of para-hydroxylation sites is 1. The Morgan fingerprint density at radius 2 is 1.75 bits per heavy atom. The van der Waals surface area contributed by atoms with E-state index in [4.69, 9.17) is 0 Å². The van der Waals surface area contributed by atoms with Crippen molar-refractivity contribution in [3.8, 4) is 11.3 Å². The molecule has 2 aromatic carbocycles. The minimum atomic E-state index is -0.445. The van der Waals surface area contributed by atoms with Gasteiger partial charge in [-0.3, -0.25) is 19.5 Å². The van der Waals surface area contributed by atoms with Crippen LogP contribution in [-0.2, 0) is 4.79 Å². The van der Waals surface area contributed by atoms with Crippen LogP contribution in [0.3, 0.4) is 0 Å². The van der Waals surface area contributed by atoms with Crippen molar-refractivity contribution in [3.63, 3.8) is 0 Å². The summed E-state index contributed by atoms with van der Waals surface area (Å²) in [6, 6.07) is 15.6. The summed E-state index contributed by atoms with van der Waals surface area (Å²) in [5.74, 6) is 0. The van der Waals surface area contributed by atoms with E-state index >= 15 is 0 Å². The number of aromatic nitrogens is 1. The van der Waals surface area contributed by atoms with Crippen LogP contribution in [0, 0.1) is 10.1 Å². The Morgan fingerprint density at radius 3 is 2.40 bits per heavy atom. The van der Waals surface area contributed by atoms with Crippen LogP contribution in [0.25, 0.3) is 22.2 Å². The van der Waals surface area contributed by atoms with E-state index in [-0.39, 0.29) is 5.69 Å². The number of nitrogens with zero attached hydrogens (tertiary/aromatic N) is 2. The van der Waals surface area contributed by atoms with Crippen molar-refractivity contribution < 1.29 is 9.72 Å². The van der Waals surface area contributed by atoms with Crippen molar-refractivity contribution in [1.29, 1.82) is 0 Å². The molecule has 0 saturated carbocycles. The lowest BCUT2D eigenvalue weighted by molar-refractivity contribution is -0.384. The van der Waals surface area contributed by atoms with Crippen LogP contribution in [0.1, 0.15) is 0 Å². The molecule has 5 nitrogen and oxygen atoms in total. The molecule has 1 aromatic heterocycles. The highest BCUT2D eigenvalue weighted by atomic mass is 16.6. The molecule has 0 fully saturated rings. The second-order valence-electron chi connectivity index (χ2n) is 4.37. The van der Waals surface area contributed by atoms with Gasteiger partial charge in [-0.2, -0.15) is 0 Å². The fourth-order valence-corrected chi connectivity index (χ4v) is 2.27. The summed E-state index contributed by atoms with van der Waals surface area (Å²) in [6.45, 7) is 0. The zero-order chi connectivity index (χ0) is 14.1. The largest absolute Gasteiger partial charge is 0.282 e. The predicted molar refractivity (Wildman–Crippen MR) is 76.2 cm³/mol. The summed E-state index contributed by atoms with van der Waals surface area (Å²) in [5.41, 5.74) is 2.33. The molecule has 0 saturated heterocycles. The average Bonchev–Trinajstić information content (AvgIpc) is 2.85. The van der Waals surface area contributed by atoms with Crippen molar-refractivity contribution in [3.05, 3.63) is 64.7 Å². The first-order chi connectivity index (χ1) is 9.70. The predicted octanol–water partition coefficient (Wildman–Crippen LogP) is 3.25. The SMILES string of the molecule is O=Cn1c(-c2ccc([N+](=O)[O-])cc2)cc2ccccc21. The highest BCUT2D eigenvalue weighted by molar-refractivity contribution is 5.92. The number of fused-ring (bicyclic) bond motifs is 1. The zero-order valence-electron chi connectivity index (χ0n) is 10.4. The van der Waals surface area contributed by atoms with Gasteiger partial charge < -0.3 is 0 Å². The first-order valence-electron chi connectivity index (χ1n) is 6.01. The maximum absolute atomic E-state index is 11.3. The van der Waals surface area contributed by atoms with E-state index in [2.05, 4.69) is 0 Å². The quantitative estimate of drug-likeness (QED) is 0.415. The lowest BCUT2D eigenvalue weighted by atomic mass is 10.1. The van der Waals surface area contributed by atoms with E-state index in [9.17, 15) is 14.9 Å². The van der Waals surface area contributed by atoms with E-state index in [1.54, 1.807) is 12.1 Å². The summed E-state index contributed by atoms with van der Waals surface area (Å²) in [7, 11) is 0. The van der Waals surface area contributed by atoms with Crippen molar-refractivity contribution in [2.24, 2.45) is 0 Å². The molecule has 1 heterocycles. The minimum Gasteiger partial charge on any atom is -0.282 e. The topological polar surface area (TPSA) is 65.1 Å². The second-order valence-corrected chi connectivity index (χ2v) is 4.37. The Hall–Kier alpha value is -2.95. The standard InChI is InChI=1S/C15H10N2O3/c18-10-16-14-4-2-1-3-12(14)9-15(16)11-5-7-13(8-6-11)17(19)20/h1-10H. The average molecular weight is 266 g/mol. The van der Waals surface area contributed by atoms with Gasteiger partial charge in [0, 0.05) is 17.5 Å². The van der Waals surface area contributed by atoms with Crippen molar-refractivity contribution >= 4 is 23.0 Å². The highest BCUT2D eigenvalue weighted by Gasteiger charge is 2.11. The molecule has 5 heteroatoms. The molecule has 3 aromatic rings. The fourth-order valence-electron chi connectivity index (χ4n) is 2.27. The minimum absolute atomic E-state index is 0.0301. The van der Waals surface area contributed by atoms with Crippen LogP contribution in [0.5, 0.6) is 0 Å². The molecule has 0 spiro atoms. The van der Waals surface area contributed by atoms with Crippen LogP contribution in [0.15, 0.2) is 54.6 Å². The van der Waals surface area contributed by atoms with Gasteiger partial charge in [-0.15, -0.1) is 0 Å². The number of hydrogen-bond acceptors (Lipinski definition) is 3. The maximum Gasteiger partial charge on any atom is 0.269 e. The number of rotatable bonds is 3. The summed E-state index contributed by atoms with van der Waals surface area (Å²) < 4.78 is 1.54. The highest BCUT2D eigenvalue weighted by Crippen LogP contribution is 2.28. The fraction of sp³-hybridized carbons (Fsp3) is 0. The smallest absolute Gasteiger partial charge is 0.269 e. The molecular weight excluding hydrogens is 256 g/mol. The monoisotopic (exact) mass is 266 g/mol. The van der Waals surface area contributed by atoms with Gasteiger partial charge in [-0.05, 0) is 29.8 Å². The molecule has 0 unspecified atom stereocenters. The molecule has 0 aliphatic carbocycles. The van der Waals surface area contributed by atoms with E-state index in [0.717, 1.165) is 28.6 Å². The van der Waals surface area contributed by atoms with Gasteiger partial charge in [-0.25, -0.2) is 0 Å². The van der Waals surface area contributed by atoms with Gasteiger partial charge in [0.05, 0.1) is 16.1 Å². The Labute approximate surface area is 114 Å². The number of benzene rings is 2. The third-order valence-corrected chi connectivity index (χ3v) is 3.23. The number of non-ortho nitro benzene ring substituents is 1. The Bertz CT molecular complexity index is 804. The van der Waals surface area contributed by atoms with E-state index in [1.807, 2.05) is 30.3 Å². The Kier molecular flexibility index (Phi) is 2.80. The molecule has 0 N–H and O–H groups in total. The lowest BCUT2D eigenvalue weighted by Crippen LogP contribution is -1.97. The van der Waals surface area contributed by atoms with E-state index in [1.165, 1.54) is 16.7 Å². The maximum atomic E-state index is 11.3. The summed E-state index contributed by atoms with van der Waals surface area (Å²) in [6.07, 6.45) is 0.749. The summed E-state index contributed by atoms with van der Waals surface area (Å²) in [4.78, 5) is 21.5. The van der Waals surface area contributed by atoms with Crippen molar-refractivity contribution in [2.45, 2.75) is 0 Å². The van der Waals surface area contributed by atoms with Gasteiger partial charge in [0.15, 0.2) is 0 Å². The van der Waals surface area contributed by atoms with Gasteiger partial charge in [0.1, 0.15) is 0 Å². The third kappa shape index (κ3) is 1.85. The lowest BCUT2D eigenvalue weighted by Gasteiger charge is -2.02. The van der Waals surface area contributed by atoms with Gasteiger partial charge in [0.25, 0.3) is 5.69 Å². The molecule has 20 heavy (non-hydrogen) atoms. The third-order valence-electron chi connectivity index (χ3n) is 3.23. The molecule has 3 rings (SSSR count). The van der Waals surface area contributed by atoms with Crippen LogP contribution >= 0.6 is 0 Å². The Balaban J connectivity index is 2.18. The van der Waals surface area contributed by atoms with Crippen molar-refractivity contribution in [2.75, 3.05) is 0 Å². The molecule has 0 atom stereocenters. The molecule has 0 aliphatic rings. The van der Waals surface area contributed by atoms with Gasteiger partial charge in [0.2, 0.25) is 6.41 Å². The number of hydrogen-bond donors (Lipinski definition) is 0. The number of carbonyl (C=O) groups is 1. The molecule has 98 valence electrons. The number of nitro groups is 1. The Morgan fingerprint density at radius 1 is 1.05 bits per heavy atom. The first kappa shape index (κ1) is 12.1. The first-order valence-corrected chi connectivity index (χ1v) is 6.01. The molecular formula is C15H10N2O3. The summed E-state index contributed by atoms with van der Waals surface area (Å²) >= 11 is 0. The van der Waals surface area contributed by atoms with Crippen LogP contribution in [0.4, 0.5) is 5.69 Å². The molecule has 0 bridgehead atoms. The van der Waals surface area contributed by atoms with Gasteiger partial charge >= 0.3 is 0 Å². The molecule has 0 radical (unpaired) electrons. The number of nitro benzene ring substituents is 1. The zero-order valence-corrected chi connectivity index (χ0v) is 10.4. The van der Waals surface area contributed by atoms with Crippen molar-refractivity contribution in [1.82, 2.24) is 4.57 Å². The van der Waals surface area contributed by atoms with Crippen LogP contribution in [0.2, 0.25) is 0 Å². The molecule has 0 aliphatic heterocycles. The van der Waals surface area contributed by atoms with E-state index < -0.39 is 4.92 Å². The summed E-state index contributed by atoms with van der Waals surface area (Å²) in [5, 5.41) is 11.6. The van der Waals surface area contributed by atoms with Gasteiger partial charge in [-0.1, -0.05) is 18.2 Å². The second kappa shape index (κ2) is 4.62. The number of carbonyl (C=O) groups excluding carboxylic acids is 1. The van der Waals surface area contributed by atoms with E-state index in [0.29, 0.717) is 0 Å².